The molecular formula is C37H37ClN4O5S. The number of hydrogen-bond donors (Lipinski definition) is 2. The van der Waals surface area contributed by atoms with Gasteiger partial charge in [-0.2, -0.15) is 0 Å². The molecule has 3 amide bonds. The van der Waals surface area contributed by atoms with Gasteiger partial charge in [0.2, 0.25) is 17.7 Å². The number of carbonyl (C=O) groups excluding carboxylic acids is 3. The molecule has 0 aromatic heterocycles. The second-order valence-electron chi connectivity index (χ2n) is 12.3. The molecule has 48 heavy (non-hydrogen) atoms. The van der Waals surface area contributed by atoms with Crippen LogP contribution in [0.15, 0.2) is 95.9 Å². The van der Waals surface area contributed by atoms with Crippen molar-refractivity contribution in [3.05, 3.63) is 113 Å². The first-order chi connectivity index (χ1) is 23.0. The van der Waals surface area contributed by atoms with Gasteiger partial charge in [0, 0.05) is 24.5 Å². The summed E-state index contributed by atoms with van der Waals surface area (Å²) in [4.78, 5) is 42.8. The van der Waals surface area contributed by atoms with E-state index in [0.717, 1.165) is 33.8 Å². The monoisotopic (exact) mass is 684 g/mol. The number of anilines is 2. The molecule has 0 aliphatic carbocycles. The Labute approximate surface area is 286 Å². The van der Waals surface area contributed by atoms with Crippen molar-refractivity contribution in [2.24, 2.45) is 0 Å². The highest BCUT2D eigenvalue weighted by molar-refractivity contribution is 7.93. The van der Waals surface area contributed by atoms with E-state index in [4.69, 9.17) is 11.6 Å². The number of aryl methyl sites for hydroxylation is 2. The maximum atomic E-state index is 14.4. The number of likely N-dealkylation sites (tertiary alicyclic amines) is 1. The molecule has 0 bridgehead atoms. The lowest BCUT2D eigenvalue weighted by Gasteiger charge is -2.37. The fourth-order valence-corrected chi connectivity index (χ4v) is 8.50. The third kappa shape index (κ3) is 6.81. The SMILES string of the molecule is Cc1cc(S(=O)(=O)N2c3ccccc3NC(=O)[C@H]2CC(=O)N[C@H](Cc2ccc(-c3ccccc3)cc2)C(=O)N2CCCC2)c(C)cc1Cl. The van der Waals surface area contributed by atoms with Gasteiger partial charge in [-0.05, 0) is 78.8 Å². The number of fused-ring (bicyclic) bond motifs is 1. The van der Waals surface area contributed by atoms with Crippen molar-refractivity contribution >= 4 is 50.7 Å². The maximum absolute atomic E-state index is 14.4. The summed E-state index contributed by atoms with van der Waals surface area (Å²) in [6, 6.07) is 25.1. The molecule has 2 aliphatic rings. The van der Waals surface area contributed by atoms with E-state index in [-0.39, 0.29) is 22.9 Å². The Morgan fingerprint density at radius 1 is 0.896 bits per heavy atom. The molecule has 6 rings (SSSR count). The lowest BCUT2D eigenvalue weighted by atomic mass is 9.99. The van der Waals surface area contributed by atoms with E-state index >= 15 is 0 Å². The molecule has 0 spiro atoms. The lowest BCUT2D eigenvalue weighted by molar-refractivity contribution is -0.135. The zero-order valence-corrected chi connectivity index (χ0v) is 28.4. The van der Waals surface area contributed by atoms with E-state index < -0.39 is 40.3 Å². The van der Waals surface area contributed by atoms with E-state index in [1.54, 1.807) is 49.1 Å². The average Bonchev–Trinajstić information content (AvgIpc) is 3.62. The standard InChI is InChI=1S/C37H37ClN4O5S/c1-24-21-34(25(2)20-29(24)38)48(46,47)42-32-13-7-6-12-30(32)40-36(44)33(42)23-35(43)39-31(37(45)41-18-8-9-19-41)22-26-14-16-28(17-15-26)27-10-4-3-5-11-27/h3-7,10-17,20-21,31,33H,8-9,18-19,22-23H2,1-2H3,(H,39,43)(H,40,44)/t31-,33-/m1/s1. The highest BCUT2D eigenvalue weighted by Gasteiger charge is 2.43. The molecule has 2 aliphatic heterocycles. The Hall–Kier alpha value is -4.67. The van der Waals surface area contributed by atoms with Gasteiger partial charge in [-0.1, -0.05) is 78.3 Å². The zero-order chi connectivity index (χ0) is 34.0. The number of halogens is 1. The number of nitrogens with one attached hydrogen (secondary N) is 2. The first kappa shape index (κ1) is 33.2. The zero-order valence-electron chi connectivity index (χ0n) is 26.8. The van der Waals surface area contributed by atoms with Crippen molar-refractivity contribution in [1.29, 1.82) is 0 Å². The molecule has 248 valence electrons. The summed E-state index contributed by atoms with van der Waals surface area (Å²) in [7, 11) is -4.35. The molecule has 2 heterocycles. The molecule has 1 fully saturated rings. The molecule has 0 saturated carbocycles. The number of amides is 3. The quantitative estimate of drug-likeness (QED) is 0.229. The fourth-order valence-electron chi connectivity index (χ4n) is 6.36. The van der Waals surface area contributed by atoms with Crippen LogP contribution in [-0.4, -0.2) is 56.2 Å². The Balaban J connectivity index is 1.29. The molecule has 2 atom stereocenters. The van der Waals surface area contributed by atoms with E-state index in [2.05, 4.69) is 10.6 Å². The molecule has 1 saturated heterocycles. The van der Waals surface area contributed by atoms with Gasteiger partial charge in [-0.3, -0.25) is 18.7 Å². The summed E-state index contributed by atoms with van der Waals surface area (Å²) in [6.45, 7) is 4.55. The van der Waals surface area contributed by atoms with Gasteiger partial charge in [0.1, 0.15) is 12.1 Å². The number of sulfonamides is 1. The second-order valence-corrected chi connectivity index (χ2v) is 14.5. The number of para-hydroxylation sites is 2. The Morgan fingerprint density at radius 3 is 2.25 bits per heavy atom. The first-order valence-electron chi connectivity index (χ1n) is 16.0. The van der Waals surface area contributed by atoms with Gasteiger partial charge in [-0.25, -0.2) is 8.42 Å². The first-order valence-corrected chi connectivity index (χ1v) is 17.8. The van der Waals surface area contributed by atoms with Crippen LogP contribution in [0.4, 0.5) is 11.4 Å². The predicted octanol–water partition coefficient (Wildman–Crippen LogP) is 5.88. The van der Waals surface area contributed by atoms with E-state index in [1.807, 2.05) is 54.6 Å². The van der Waals surface area contributed by atoms with Crippen LogP contribution >= 0.6 is 11.6 Å². The van der Waals surface area contributed by atoms with Crippen LogP contribution in [0.25, 0.3) is 11.1 Å². The summed E-state index contributed by atoms with van der Waals surface area (Å²) in [5.41, 5.74) is 4.48. The van der Waals surface area contributed by atoms with Crippen molar-refractivity contribution in [2.45, 2.75) is 56.5 Å². The third-order valence-corrected chi connectivity index (χ3v) is 11.3. The normalized spacial score (nSPS) is 16.6. The minimum absolute atomic E-state index is 0.0136. The highest BCUT2D eigenvalue weighted by Crippen LogP contribution is 2.38. The van der Waals surface area contributed by atoms with Gasteiger partial charge in [-0.15, -0.1) is 0 Å². The number of rotatable bonds is 9. The summed E-state index contributed by atoms with van der Waals surface area (Å²) >= 11 is 6.28. The number of carbonyl (C=O) groups is 3. The van der Waals surface area contributed by atoms with Crippen LogP contribution in [0.2, 0.25) is 5.02 Å². The van der Waals surface area contributed by atoms with Gasteiger partial charge < -0.3 is 15.5 Å². The summed E-state index contributed by atoms with van der Waals surface area (Å²) < 4.78 is 29.7. The predicted molar refractivity (Wildman–Crippen MR) is 187 cm³/mol. The third-order valence-electron chi connectivity index (χ3n) is 8.91. The maximum Gasteiger partial charge on any atom is 0.265 e. The Bertz CT molecular complexity index is 1960. The van der Waals surface area contributed by atoms with Crippen molar-refractivity contribution in [3.8, 4) is 11.1 Å². The van der Waals surface area contributed by atoms with Gasteiger partial charge in [0.05, 0.1) is 22.7 Å². The van der Waals surface area contributed by atoms with Crippen molar-refractivity contribution in [3.63, 3.8) is 0 Å². The van der Waals surface area contributed by atoms with Gasteiger partial charge >= 0.3 is 0 Å². The van der Waals surface area contributed by atoms with E-state index in [9.17, 15) is 22.8 Å². The van der Waals surface area contributed by atoms with Crippen molar-refractivity contribution in [1.82, 2.24) is 10.2 Å². The van der Waals surface area contributed by atoms with Crippen LogP contribution in [0.1, 0.15) is 36.0 Å². The summed E-state index contributed by atoms with van der Waals surface area (Å²) in [5, 5.41) is 6.05. The van der Waals surface area contributed by atoms with Crippen LogP contribution < -0.4 is 14.9 Å². The Kier molecular flexibility index (Phi) is 9.57. The van der Waals surface area contributed by atoms with E-state index in [1.165, 1.54) is 6.07 Å². The van der Waals surface area contributed by atoms with Crippen molar-refractivity contribution < 1.29 is 22.8 Å². The van der Waals surface area contributed by atoms with Crippen molar-refractivity contribution in [2.75, 3.05) is 22.7 Å². The molecule has 4 aromatic carbocycles. The number of hydrogen-bond acceptors (Lipinski definition) is 5. The van der Waals surface area contributed by atoms with E-state index in [0.29, 0.717) is 34.9 Å². The smallest absolute Gasteiger partial charge is 0.265 e. The summed E-state index contributed by atoms with van der Waals surface area (Å²) in [6.07, 6.45) is 1.51. The molecule has 11 heteroatoms. The van der Waals surface area contributed by atoms with Gasteiger partial charge in [0.15, 0.2) is 0 Å². The highest BCUT2D eigenvalue weighted by atomic mass is 35.5. The molecule has 4 aromatic rings. The molecule has 2 N–H and O–H groups in total. The minimum atomic E-state index is -4.35. The molecule has 0 radical (unpaired) electrons. The molecular weight excluding hydrogens is 648 g/mol. The molecule has 9 nitrogen and oxygen atoms in total. The lowest BCUT2D eigenvalue weighted by Crippen LogP contribution is -2.55. The largest absolute Gasteiger partial charge is 0.344 e. The minimum Gasteiger partial charge on any atom is -0.344 e. The van der Waals surface area contributed by atoms with Crippen LogP contribution in [-0.2, 0) is 30.8 Å². The van der Waals surface area contributed by atoms with Crippen LogP contribution in [0.3, 0.4) is 0 Å². The Morgan fingerprint density at radius 2 is 1.54 bits per heavy atom. The van der Waals surface area contributed by atoms with Gasteiger partial charge in [0.25, 0.3) is 10.0 Å². The van der Waals surface area contributed by atoms with Crippen LogP contribution in [0, 0.1) is 13.8 Å². The van der Waals surface area contributed by atoms with Crippen LogP contribution in [0.5, 0.6) is 0 Å². The fraction of sp³-hybridized carbons (Fsp3) is 0.270. The average molecular weight is 685 g/mol. The number of nitrogens with zero attached hydrogens (tertiary/aromatic N) is 2. The number of benzene rings is 4. The topological polar surface area (TPSA) is 116 Å². The molecule has 0 unspecified atom stereocenters. The summed E-state index contributed by atoms with van der Waals surface area (Å²) in [5.74, 6) is -1.46. The second kappa shape index (κ2) is 13.8.